The van der Waals surface area contributed by atoms with Gasteiger partial charge in [0.2, 0.25) is 0 Å². The third kappa shape index (κ3) is 4.95. The Balaban J connectivity index is 2.12. The minimum Gasteiger partial charge on any atom is -0.391 e. The van der Waals surface area contributed by atoms with Crippen molar-refractivity contribution in [2.24, 2.45) is 4.99 Å². The van der Waals surface area contributed by atoms with Gasteiger partial charge in [-0.3, -0.25) is 4.99 Å². The molecule has 1 aliphatic heterocycles. The van der Waals surface area contributed by atoms with E-state index in [4.69, 9.17) is 4.99 Å². The normalized spacial score (nSPS) is 19.8. The van der Waals surface area contributed by atoms with E-state index in [1.807, 2.05) is 0 Å². The number of guanidine groups is 1. The smallest absolute Gasteiger partial charge is 0.194 e. The van der Waals surface area contributed by atoms with Crippen molar-refractivity contribution in [2.45, 2.75) is 38.8 Å². The van der Waals surface area contributed by atoms with Crippen molar-refractivity contribution in [3.8, 4) is 0 Å². The van der Waals surface area contributed by atoms with Crippen LogP contribution in [0.2, 0.25) is 0 Å². The van der Waals surface area contributed by atoms with E-state index in [0.717, 1.165) is 31.9 Å². The van der Waals surface area contributed by atoms with Gasteiger partial charge in [-0.2, -0.15) is 0 Å². The topological polar surface area (TPSA) is 51.1 Å². The quantitative estimate of drug-likeness (QED) is 0.617. The largest absolute Gasteiger partial charge is 0.391 e. The van der Waals surface area contributed by atoms with Gasteiger partial charge in [0.15, 0.2) is 5.96 Å². The Bertz CT molecular complexity index is 527. The number of nitrogens with zero attached hydrogens (tertiary/aromatic N) is 3. The van der Waals surface area contributed by atoms with Gasteiger partial charge in [-0.1, -0.05) is 31.2 Å². The van der Waals surface area contributed by atoms with E-state index in [2.05, 4.69) is 67.3 Å². The maximum absolute atomic E-state index is 9.78. The summed E-state index contributed by atoms with van der Waals surface area (Å²) in [4.78, 5) is 9.22. The van der Waals surface area contributed by atoms with Crippen LogP contribution in [0.25, 0.3) is 0 Å². The van der Waals surface area contributed by atoms with Gasteiger partial charge < -0.3 is 20.2 Å². The van der Waals surface area contributed by atoms with E-state index < -0.39 is 0 Å². The fraction of sp³-hybridized carbons (Fsp3) is 0.632. The van der Waals surface area contributed by atoms with Crippen molar-refractivity contribution in [2.75, 3.05) is 40.3 Å². The van der Waals surface area contributed by atoms with Crippen LogP contribution in [0.5, 0.6) is 0 Å². The predicted molar refractivity (Wildman–Crippen MR) is 100 cm³/mol. The summed E-state index contributed by atoms with van der Waals surface area (Å²) in [7, 11) is 4.20. The van der Waals surface area contributed by atoms with Gasteiger partial charge in [-0.05, 0) is 45.0 Å². The molecule has 5 heteroatoms. The average molecular weight is 332 g/mol. The second-order valence-corrected chi connectivity index (χ2v) is 6.66. The van der Waals surface area contributed by atoms with Crippen LogP contribution in [0.4, 0.5) is 0 Å². The third-order valence-corrected chi connectivity index (χ3v) is 4.61. The van der Waals surface area contributed by atoms with E-state index in [1.54, 1.807) is 0 Å². The summed E-state index contributed by atoms with van der Waals surface area (Å²) in [6, 6.07) is 9.09. The number of likely N-dealkylation sites (N-methyl/N-ethyl adjacent to an activating group) is 1. The Kier molecular flexibility index (Phi) is 7.06. The summed E-state index contributed by atoms with van der Waals surface area (Å²) in [5, 5.41) is 13.1. The van der Waals surface area contributed by atoms with E-state index in [-0.39, 0.29) is 12.1 Å². The lowest BCUT2D eigenvalue weighted by atomic mass is 10.0. The Morgan fingerprint density at radius 3 is 2.54 bits per heavy atom. The molecule has 2 atom stereocenters. The third-order valence-electron chi connectivity index (χ3n) is 4.61. The van der Waals surface area contributed by atoms with Crippen LogP contribution in [-0.2, 0) is 6.42 Å². The molecule has 0 saturated carbocycles. The molecule has 1 aromatic rings. The van der Waals surface area contributed by atoms with Gasteiger partial charge in [0.05, 0.1) is 18.7 Å². The van der Waals surface area contributed by atoms with E-state index >= 15 is 0 Å². The standard InChI is InChI=1S/C19H32N4O/c1-5-15-7-9-16(10-8-15)18(22(3)4)13-21-19(20-6-2)23-12-11-17(24)14-23/h7-10,17-18,24H,5-6,11-14H2,1-4H3,(H,20,21)/t17-,18?/m1/s1. The number of aryl methyl sites for hydroxylation is 1. The van der Waals surface area contributed by atoms with Gasteiger partial charge in [0, 0.05) is 19.6 Å². The molecule has 0 aromatic heterocycles. The maximum atomic E-state index is 9.78. The van der Waals surface area contributed by atoms with Crippen molar-refractivity contribution in [1.29, 1.82) is 0 Å². The van der Waals surface area contributed by atoms with Crippen molar-refractivity contribution in [1.82, 2.24) is 15.1 Å². The van der Waals surface area contributed by atoms with E-state index in [9.17, 15) is 5.11 Å². The van der Waals surface area contributed by atoms with Crippen molar-refractivity contribution in [3.63, 3.8) is 0 Å². The first-order valence-electron chi connectivity index (χ1n) is 9.01. The monoisotopic (exact) mass is 332 g/mol. The maximum Gasteiger partial charge on any atom is 0.194 e. The molecule has 134 valence electrons. The number of rotatable bonds is 6. The summed E-state index contributed by atoms with van der Waals surface area (Å²) in [6.45, 7) is 7.33. The van der Waals surface area contributed by atoms with Gasteiger partial charge in [0.25, 0.3) is 0 Å². The number of β-amino-alcohol motifs (C(OH)–C–C–N with tert-alkyl or cyclic N) is 1. The number of likely N-dealkylation sites (tertiary alicyclic amines) is 1. The average Bonchev–Trinajstić information content (AvgIpc) is 3.00. The summed E-state index contributed by atoms with van der Waals surface area (Å²) < 4.78 is 0. The number of aliphatic imine (C=N–C) groups is 1. The number of hydrogen-bond acceptors (Lipinski definition) is 3. The molecule has 1 aliphatic rings. The highest BCUT2D eigenvalue weighted by Gasteiger charge is 2.23. The van der Waals surface area contributed by atoms with Crippen LogP contribution in [0, 0.1) is 0 Å². The molecule has 1 fully saturated rings. The molecule has 2 rings (SSSR count). The molecule has 2 N–H and O–H groups in total. The fourth-order valence-corrected chi connectivity index (χ4v) is 3.08. The van der Waals surface area contributed by atoms with Gasteiger partial charge in [-0.15, -0.1) is 0 Å². The molecule has 1 unspecified atom stereocenters. The zero-order valence-corrected chi connectivity index (χ0v) is 15.5. The number of aliphatic hydroxyl groups is 1. The lowest BCUT2D eigenvalue weighted by molar-refractivity contribution is 0.187. The minimum atomic E-state index is -0.236. The number of aliphatic hydroxyl groups excluding tert-OH is 1. The van der Waals surface area contributed by atoms with Crippen LogP contribution in [0.15, 0.2) is 29.3 Å². The second-order valence-electron chi connectivity index (χ2n) is 6.66. The Hall–Kier alpha value is -1.59. The number of nitrogens with one attached hydrogen (secondary N) is 1. The first-order chi connectivity index (χ1) is 11.5. The molecular formula is C19H32N4O. The SMILES string of the molecule is CCNC(=NCC(c1ccc(CC)cc1)N(C)C)N1CC[C@@H](O)C1. The zero-order valence-electron chi connectivity index (χ0n) is 15.5. The molecule has 0 spiro atoms. The first-order valence-corrected chi connectivity index (χ1v) is 9.01. The summed E-state index contributed by atoms with van der Waals surface area (Å²) >= 11 is 0. The highest BCUT2D eigenvalue weighted by molar-refractivity contribution is 5.80. The lowest BCUT2D eigenvalue weighted by Crippen LogP contribution is -2.41. The van der Waals surface area contributed by atoms with Crippen molar-refractivity contribution in [3.05, 3.63) is 35.4 Å². The van der Waals surface area contributed by atoms with Crippen LogP contribution in [-0.4, -0.2) is 67.2 Å². The molecule has 1 aromatic carbocycles. The van der Waals surface area contributed by atoms with Crippen LogP contribution in [0.1, 0.15) is 37.4 Å². The highest BCUT2D eigenvalue weighted by Crippen LogP contribution is 2.20. The fourth-order valence-electron chi connectivity index (χ4n) is 3.08. The molecule has 0 amide bonds. The van der Waals surface area contributed by atoms with E-state index in [0.29, 0.717) is 13.1 Å². The minimum absolute atomic E-state index is 0.236. The molecular weight excluding hydrogens is 300 g/mol. The number of benzene rings is 1. The van der Waals surface area contributed by atoms with E-state index in [1.165, 1.54) is 11.1 Å². The molecule has 1 saturated heterocycles. The van der Waals surface area contributed by atoms with Crippen molar-refractivity contribution < 1.29 is 5.11 Å². The summed E-state index contributed by atoms with van der Waals surface area (Å²) in [5.41, 5.74) is 2.65. The van der Waals surface area contributed by atoms with Crippen LogP contribution < -0.4 is 5.32 Å². The molecule has 24 heavy (non-hydrogen) atoms. The van der Waals surface area contributed by atoms with Crippen LogP contribution >= 0.6 is 0 Å². The van der Waals surface area contributed by atoms with Gasteiger partial charge in [-0.25, -0.2) is 0 Å². The highest BCUT2D eigenvalue weighted by atomic mass is 16.3. The molecule has 1 heterocycles. The molecule has 5 nitrogen and oxygen atoms in total. The molecule has 0 radical (unpaired) electrons. The number of hydrogen-bond donors (Lipinski definition) is 2. The molecule has 0 aliphatic carbocycles. The van der Waals surface area contributed by atoms with Gasteiger partial charge in [0.1, 0.15) is 0 Å². The van der Waals surface area contributed by atoms with Crippen molar-refractivity contribution >= 4 is 5.96 Å². The summed E-state index contributed by atoms with van der Waals surface area (Å²) in [6.07, 6.45) is 1.65. The first kappa shape index (κ1) is 18.7. The Morgan fingerprint density at radius 2 is 2.04 bits per heavy atom. The molecule has 0 bridgehead atoms. The predicted octanol–water partition coefficient (Wildman–Crippen LogP) is 1.88. The lowest BCUT2D eigenvalue weighted by Gasteiger charge is -2.26. The Morgan fingerprint density at radius 1 is 1.33 bits per heavy atom. The Labute approximate surface area is 146 Å². The zero-order chi connectivity index (χ0) is 17.5. The second kappa shape index (κ2) is 9.04. The van der Waals surface area contributed by atoms with Crippen LogP contribution in [0.3, 0.4) is 0 Å². The van der Waals surface area contributed by atoms with Gasteiger partial charge >= 0.3 is 0 Å². The summed E-state index contributed by atoms with van der Waals surface area (Å²) in [5.74, 6) is 0.908.